The molecule has 0 aliphatic rings. The summed E-state index contributed by atoms with van der Waals surface area (Å²) in [5, 5.41) is 8.96. The summed E-state index contributed by atoms with van der Waals surface area (Å²) >= 11 is 0. The highest BCUT2D eigenvalue weighted by atomic mass is 16.3. The lowest BCUT2D eigenvalue weighted by atomic mass is 10.2. The van der Waals surface area contributed by atoms with Crippen molar-refractivity contribution in [1.29, 1.82) is 0 Å². The smallest absolute Gasteiger partial charge is 0.113 e. The van der Waals surface area contributed by atoms with E-state index in [0.29, 0.717) is 11.4 Å². The molecule has 0 radical (unpaired) electrons. The minimum atomic E-state index is 0.000781. The largest absolute Gasteiger partial charge is 0.392 e. The van der Waals surface area contributed by atoms with Gasteiger partial charge in [0.2, 0.25) is 0 Å². The van der Waals surface area contributed by atoms with Gasteiger partial charge in [-0.1, -0.05) is 6.07 Å². The number of rotatable bonds is 1. The summed E-state index contributed by atoms with van der Waals surface area (Å²) in [5.74, 6) is 5.81. The number of hydrogen-bond donors (Lipinski definition) is 1. The molecule has 16 heavy (non-hydrogen) atoms. The lowest BCUT2D eigenvalue weighted by Crippen LogP contribution is -1.88. The molecule has 0 aliphatic heterocycles. The zero-order valence-electron chi connectivity index (χ0n) is 8.59. The Bertz CT molecular complexity index is 526. The molecule has 2 aromatic rings. The van der Waals surface area contributed by atoms with Crippen molar-refractivity contribution in [2.45, 2.75) is 6.61 Å². The van der Waals surface area contributed by atoms with E-state index in [4.69, 9.17) is 5.11 Å². The number of aliphatic hydroxyl groups excluding tert-OH is 1. The minimum absolute atomic E-state index is 0.000781. The Morgan fingerprint density at radius 2 is 1.81 bits per heavy atom. The maximum Gasteiger partial charge on any atom is 0.113 e. The lowest BCUT2D eigenvalue weighted by Gasteiger charge is -1.94. The quantitative estimate of drug-likeness (QED) is 0.723. The van der Waals surface area contributed by atoms with E-state index < -0.39 is 0 Å². The van der Waals surface area contributed by atoms with Crippen molar-refractivity contribution >= 4 is 0 Å². The van der Waals surface area contributed by atoms with Gasteiger partial charge in [0.25, 0.3) is 0 Å². The van der Waals surface area contributed by atoms with Crippen LogP contribution in [0.1, 0.15) is 17.0 Å². The third-order valence-electron chi connectivity index (χ3n) is 1.99. The number of hydrogen-bond acceptors (Lipinski definition) is 3. The molecule has 2 rings (SSSR count). The van der Waals surface area contributed by atoms with Crippen LogP contribution in [0.15, 0.2) is 42.7 Å². The molecular formula is C13H10N2O. The average Bonchev–Trinajstić information content (AvgIpc) is 2.38. The molecule has 0 unspecified atom stereocenters. The van der Waals surface area contributed by atoms with Gasteiger partial charge in [0.05, 0.1) is 6.61 Å². The third kappa shape index (κ3) is 2.66. The second-order valence-corrected chi connectivity index (χ2v) is 3.17. The van der Waals surface area contributed by atoms with Crippen molar-refractivity contribution in [2.24, 2.45) is 0 Å². The molecule has 2 aromatic heterocycles. The first-order chi connectivity index (χ1) is 7.88. The Balaban J connectivity index is 2.24. The van der Waals surface area contributed by atoms with Gasteiger partial charge in [-0.05, 0) is 41.7 Å². The summed E-state index contributed by atoms with van der Waals surface area (Å²) in [5.41, 5.74) is 2.15. The summed E-state index contributed by atoms with van der Waals surface area (Å²) in [4.78, 5) is 8.18. The van der Waals surface area contributed by atoms with Gasteiger partial charge in [0.1, 0.15) is 11.4 Å². The van der Waals surface area contributed by atoms with E-state index in [-0.39, 0.29) is 6.61 Å². The first-order valence-corrected chi connectivity index (χ1v) is 4.87. The van der Waals surface area contributed by atoms with Crippen LogP contribution in [0.3, 0.4) is 0 Å². The van der Waals surface area contributed by atoms with Crippen LogP contribution >= 0.6 is 0 Å². The zero-order valence-corrected chi connectivity index (χ0v) is 8.59. The van der Waals surface area contributed by atoms with Gasteiger partial charge in [-0.2, -0.15) is 0 Å². The standard InChI is InChI=1S/C13H10N2O/c16-10-11-6-8-15-13(9-11)5-4-12-3-1-2-7-14-12/h1-3,6-9,16H,10H2. The second-order valence-electron chi connectivity index (χ2n) is 3.17. The molecule has 1 N–H and O–H groups in total. The summed E-state index contributed by atoms with van der Waals surface area (Å²) < 4.78 is 0. The van der Waals surface area contributed by atoms with Crippen LogP contribution in [0.4, 0.5) is 0 Å². The molecule has 0 bridgehead atoms. The first-order valence-electron chi connectivity index (χ1n) is 4.87. The van der Waals surface area contributed by atoms with Gasteiger partial charge >= 0.3 is 0 Å². The van der Waals surface area contributed by atoms with Crippen molar-refractivity contribution in [2.75, 3.05) is 0 Å². The fourth-order valence-corrected chi connectivity index (χ4v) is 1.21. The van der Waals surface area contributed by atoms with Crippen LogP contribution in [-0.2, 0) is 6.61 Å². The SMILES string of the molecule is OCc1ccnc(C#Cc2ccccn2)c1. The number of pyridine rings is 2. The molecule has 0 saturated carbocycles. The lowest BCUT2D eigenvalue weighted by molar-refractivity contribution is 0.281. The Hall–Kier alpha value is -2.18. The highest BCUT2D eigenvalue weighted by molar-refractivity contribution is 5.37. The Morgan fingerprint density at radius 3 is 2.56 bits per heavy atom. The molecule has 0 aliphatic carbocycles. The average molecular weight is 210 g/mol. The molecule has 0 atom stereocenters. The molecule has 0 saturated heterocycles. The van der Waals surface area contributed by atoms with Gasteiger partial charge in [-0.25, -0.2) is 9.97 Å². The van der Waals surface area contributed by atoms with Crippen LogP contribution in [0.2, 0.25) is 0 Å². The van der Waals surface area contributed by atoms with E-state index in [1.807, 2.05) is 18.2 Å². The third-order valence-corrected chi connectivity index (χ3v) is 1.99. The van der Waals surface area contributed by atoms with Crippen molar-refractivity contribution in [3.05, 3.63) is 59.7 Å². The van der Waals surface area contributed by atoms with Gasteiger partial charge in [-0.15, -0.1) is 0 Å². The first kappa shape index (κ1) is 10.3. The molecule has 3 heteroatoms. The molecule has 0 fully saturated rings. The predicted molar refractivity (Wildman–Crippen MR) is 60.4 cm³/mol. The summed E-state index contributed by atoms with van der Waals surface area (Å²) in [7, 11) is 0. The van der Waals surface area contributed by atoms with E-state index >= 15 is 0 Å². The molecule has 0 spiro atoms. The van der Waals surface area contributed by atoms with Crippen molar-refractivity contribution < 1.29 is 5.11 Å². The van der Waals surface area contributed by atoms with Gasteiger partial charge in [0.15, 0.2) is 0 Å². The van der Waals surface area contributed by atoms with Crippen molar-refractivity contribution in [3.8, 4) is 11.8 Å². The molecule has 3 nitrogen and oxygen atoms in total. The zero-order chi connectivity index (χ0) is 11.2. The van der Waals surface area contributed by atoms with Crippen LogP contribution in [0.5, 0.6) is 0 Å². The topological polar surface area (TPSA) is 46.0 Å². The Morgan fingerprint density at radius 1 is 1.00 bits per heavy atom. The maximum absolute atomic E-state index is 8.96. The fraction of sp³-hybridized carbons (Fsp3) is 0.0769. The maximum atomic E-state index is 8.96. The Labute approximate surface area is 93.8 Å². The van der Waals surface area contributed by atoms with E-state index in [2.05, 4.69) is 21.8 Å². The summed E-state index contributed by atoms with van der Waals surface area (Å²) in [6, 6.07) is 9.08. The van der Waals surface area contributed by atoms with Crippen LogP contribution in [0.25, 0.3) is 0 Å². The van der Waals surface area contributed by atoms with Crippen LogP contribution < -0.4 is 0 Å². The number of nitrogens with zero attached hydrogens (tertiary/aromatic N) is 2. The summed E-state index contributed by atoms with van der Waals surface area (Å²) in [6.45, 7) is 0.000781. The molecule has 0 aromatic carbocycles. The molecule has 0 amide bonds. The molecule has 2 heterocycles. The summed E-state index contributed by atoms with van der Waals surface area (Å²) in [6.07, 6.45) is 3.33. The number of aliphatic hydroxyl groups is 1. The number of aromatic nitrogens is 2. The van der Waals surface area contributed by atoms with E-state index in [9.17, 15) is 0 Å². The second kappa shape index (κ2) is 5.06. The van der Waals surface area contributed by atoms with Crippen molar-refractivity contribution in [1.82, 2.24) is 9.97 Å². The Kier molecular flexibility index (Phi) is 3.27. The van der Waals surface area contributed by atoms with Crippen LogP contribution in [-0.4, -0.2) is 15.1 Å². The highest BCUT2D eigenvalue weighted by Gasteiger charge is 1.92. The highest BCUT2D eigenvalue weighted by Crippen LogP contribution is 2.00. The minimum Gasteiger partial charge on any atom is -0.392 e. The molecular weight excluding hydrogens is 200 g/mol. The fourth-order valence-electron chi connectivity index (χ4n) is 1.21. The predicted octanol–water partition coefficient (Wildman–Crippen LogP) is 1.37. The van der Waals surface area contributed by atoms with E-state index in [1.165, 1.54) is 0 Å². The molecule has 78 valence electrons. The van der Waals surface area contributed by atoms with Gasteiger partial charge in [-0.3, -0.25) is 0 Å². The normalized spacial score (nSPS) is 9.31. The van der Waals surface area contributed by atoms with E-state index in [0.717, 1.165) is 5.56 Å². The van der Waals surface area contributed by atoms with Gasteiger partial charge in [0, 0.05) is 12.4 Å². The van der Waals surface area contributed by atoms with Crippen LogP contribution in [0, 0.1) is 11.8 Å². The van der Waals surface area contributed by atoms with E-state index in [1.54, 1.807) is 24.5 Å². The monoisotopic (exact) mass is 210 g/mol. The van der Waals surface area contributed by atoms with Crippen molar-refractivity contribution in [3.63, 3.8) is 0 Å². The van der Waals surface area contributed by atoms with Gasteiger partial charge < -0.3 is 5.11 Å².